The molecular weight excluding hydrogens is 617 g/mol. The minimum absolute atomic E-state index is 0.0808. The van der Waals surface area contributed by atoms with Gasteiger partial charge in [0.15, 0.2) is 0 Å². The zero-order chi connectivity index (χ0) is 33.4. The molecule has 1 amide bonds. The summed E-state index contributed by atoms with van der Waals surface area (Å²) in [7, 11) is 0. The molecule has 47 heavy (non-hydrogen) atoms. The second-order valence-corrected chi connectivity index (χ2v) is 11.6. The van der Waals surface area contributed by atoms with Gasteiger partial charge in [-0.2, -0.15) is 13.2 Å². The Morgan fingerprint density at radius 3 is 2.17 bits per heavy atom. The lowest BCUT2D eigenvalue weighted by Crippen LogP contribution is -2.48. The Morgan fingerprint density at radius 2 is 1.55 bits per heavy atom. The molecule has 10 nitrogen and oxygen atoms in total. The van der Waals surface area contributed by atoms with Crippen LogP contribution in [0.15, 0.2) is 66.7 Å². The summed E-state index contributed by atoms with van der Waals surface area (Å²) in [5.41, 5.74) is 0.947. The van der Waals surface area contributed by atoms with Crippen LogP contribution in [-0.2, 0) is 17.6 Å². The van der Waals surface area contributed by atoms with Crippen LogP contribution in [0.25, 0.3) is 0 Å². The third-order valence-electron chi connectivity index (χ3n) is 8.43. The number of halogens is 3. The second-order valence-electron chi connectivity index (χ2n) is 11.6. The zero-order valence-corrected chi connectivity index (χ0v) is 26.3. The highest BCUT2D eigenvalue weighted by Gasteiger charge is 2.30. The Balaban J connectivity index is 0.992. The van der Waals surface area contributed by atoms with Crippen LogP contribution in [-0.4, -0.2) is 79.2 Å². The molecule has 252 valence electrons. The largest absolute Gasteiger partial charge is 0.490 e. The van der Waals surface area contributed by atoms with Crippen LogP contribution in [0.4, 0.5) is 24.5 Å². The van der Waals surface area contributed by atoms with Gasteiger partial charge >= 0.3 is 11.9 Å². The average Bonchev–Trinajstić information content (AvgIpc) is 3.07. The number of piperazine rings is 1. The molecule has 0 aromatic heterocycles. The van der Waals surface area contributed by atoms with E-state index in [1.807, 2.05) is 29.2 Å². The van der Waals surface area contributed by atoms with Crippen LogP contribution in [0.5, 0.6) is 17.2 Å². The number of ether oxygens (including phenoxy) is 3. The molecule has 0 bridgehead atoms. The number of nitro benzene ring substituents is 1. The number of likely N-dealkylation sites (tertiary alicyclic amines) is 1. The van der Waals surface area contributed by atoms with E-state index in [9.17, 15) is 28.1 Å². The van der Waals surface area contributed by atoms with Gasteiger partial charge in [-0.3, -0.25) is 19.8 Å². The van der Waals surface area contributed by atoms with Gasteiger partial charge in [0.1, 0.15) is 24.2 Å². The summed E-state index contributed by atoms with van der Waals surface area (Å²) in [5.74, 6) is 1.47. The Hall–Kier alpha value is -4.52. The molecule has 0 N–H and O–H groups in total. The van der Waals surface area contributed by atoms with Gasteiger partial charge in [-0.25, -0.2) is 0 Å². The molecule has 0 spiro atoms. The van der Waals surface area contributed by atoms with E-state index in [0.29, 0.717) is 62.6 Å². The van der Waals surface area contributed by atoms with Crippen molar-refractivity contribution in [1.29, 1.82) is 0 Å². The highest BCUT2D eigenvalue weighted by Crippen LogP contribution is 2.33. The van der Waals surface area contributed by atoms with Gasteiger partial charge in [0.2, 0.25) is 11.7 Å². The Kier molecular flexibility index (Phi) is 11.1. The van der Waals surface area contributed by atoms with E-state index in [1.165, 1.54) is 18.2 Å². The minimum atomic E-state index is -4.36. The maximum Gasteiger partial charge on any atom is 0.416 e. The number of carbonyl (C=O) groups excluding carboxylic acids is 1. The van der Waals surface area contributed by atoms with Crippen molar-refractivity contribution in [2.45, 2.75) is 45.1 Å². The van der Waals surface area contributed by atoms with E-state index in [-0.39, 0.29) is 30.1 Å². The molecule has 5 rings (SSSR count). The number of anilines is 1. The van der Waals surface area contributed by atoms with Crippen LogP contribution in [0, 0.1) is 10.1 Å². The van der Waals surface area contributed by atoms with E-state index in [0.717, 1.165) is 44.0 Å². The maximum absolute atomic E-state index is 13.0. The summed E-state index contributed by atoms with van der Waals surface area (Å²) >= 11 is 0. The average molecular weight is 657 g/mol. The lowest BCUT2D eigenvalue weighted by atomic mass is 10.1. The molecule has 0 unspecified atom stereocenters. The summed E-state index contributed by atoms with van der Waals surface area (Å²) in [5, 5.41) is 11.2. The first-order chi connectivity index (χ1) is 22.6. The second kappa shape index (κ2) is 15.4. The molecular formula is C34H39F3N4O6. The maximum atomic E-state index is 13.0. The SMILES string of the molecule is CCOc1cc(OC2CCN(C(=O)CCN3CCN(c4ccc(OCc5ccc(C(F)(F)F)cc5)cc4)CC3)CC2)ccc1[N+](=O)[O-]. The number of rotatable bonds is 12. The third-order valence-corrected chi connectivity index (χ3v) is 8.43. The normalized spacial score (nSPS) is 16.2. The summed E-state index contributed by atoms with van der Waals surface area (Å²) in [6.45, 7) is 7.50. The Morgan fingerprint density at radius 1 is 0.894 bits per heavy atom. The van der Waals surface area contributed by atoms with E-state index >= 15 is 0 Å². The van der Waals surface area contributed by atoms with Crippen molar-refractivity contribution < 1.29 is 37.1 Å². The van der Waals surface area contributed by atoms with Crippen molar-refractivity contribution in [3.63, 3.8) is 0 Å². The van der Waals surface area contributed by atoms with Crippen molar-refractivity contribution in [2.24, 2.45) is 0 Å². The van der Waals surface area contributed by atoms with Crippen LogP contribution in [0.2, 0.25) is 0 Å². The molecule has 3 aromatic carbocycles. The summed E-state index contributed by atoms with van der Waals surface area (Å²) < 4.78 is 55.5. The molecule has 2 aliphatic heterocycles. The molecule has 0 saturated carbocycles. The third kappa shape index (κ3) is 9.28. The lowest BCUT2D eigenvalue weighted by molar-refractivity contribution is -0.385. The monoisotopic (exact) mass is 656 g/mol. The molecule has 0 aliphatic carbocycles. The molecule has 13 heteroatoms. The predicted molar refractivity (Wildman–Crippen MR) is 170 cm³/mol. The van der Waals surface area contributed by atoms with Gasteiger partial charge in [-0.1, -0.05) is 12.1 Å². The number of carbonyl (C=O) groups is 1. The lowest BCUT2D eigenvalue weighted by Gasteiger charge is -2.37. The first-order valence-corrected chi connectivity index (χ1v) is 15.8. The number of nitro groups is 1. The van der Waals surface area contributed by atoms with E-state index in [2.05, 4.69) is 9.80 Å². The van der Waals surface area contributed by atoms with Crippen molar-refractivity contribution in [3.05, 3.63) is 88.0 Å². The van der Waals surface area contributed by atoms with Crippen molar-refractivity contribution in [1.82, 2.24) is 9.80 Å². The smallest absolute Gasteiger partial charge is 0.416 e. The van der Waals surface area contributed by atoms with Crippen LogP contribution in [0.1, 0.15) is 37.3 Å². The number of benzene rings is 3. The highest BCUT2D eigenvalue weighted by atomic mass is 19.4. The zero-order valence-electron chi connectivity index (χ0n) is 26.3. The summed E-state index contributed by atoms with van der Waals surface area (Å²) in [4.78, 5) is 30.2. The van der Waals surface area contributed by atoms with Crippen LogP contribution in [0.3, 0.4) is 0 Å². The molecule has 0 radical (unpaired) electrons. The van der Waals surface area contributed by atoms with E-state index in [4.69, 9.17) is 14.2 Å². The predicted octanol–water partition coefficient (Wildman–Crippen LogP) is 6.17. The molecule has 2 fully saturated rings. The summed E-state index contributed by atoms with van der Waals surface area (Å²) in [6.07, 6.45) is -2.61. The van der Waals surface area contributed by atoms with E-state index in [1.54, 1.807) is 19.1 Å². The number of nitrogens with zero attached hydrogens (tertiary/aromatic N) is 4. The fourth-order valence-corrected chi connectivity index (χ4v) is 5.76. The highest BCUT2D eigenvalue weighted by molar-refractivity contribution is 5.76. The standard InChI is InChI=1S/C34H39F3N4O6/c1-2-45-32-23-30(11-12-31(32)41(43)44)47-29-13-17-40(18-14-29)33(42)15-16-38-19-21-39(22-20-38)27-7-9-28(10-8-27)46-24-25-3-5-26(6-4-25)34(35,36)37/h3-12,23,29H,2,13-22,24H2,1H3. The molecule has 2 heterocycles. The van der Waals surface area contributed by atoms with Gasteiger partial charge in [-0.05, 0) is 55.0 Å². The van der Waals surface area contributed by atoms with Crippen LogP contribution < -0.4 is 19.1 Å². The molecule has 2 saturated heterocycles. The van der Waals surface area contributed by atoms with Crippen molar-refractivity contribution in [3.8, 4) is 17.2 Å². The first-order valence-electron chi connectivity index (χ1n) is 15.8. The topological polar surface area (TPSA) is 97.6 Å². The van der Waals surface area contributed by atoms with Gasteiger partial charge in [0, 0.05) is 82.9 Å². The molecule has 2 aliphatic rings. The number of amides is 1. The van der Waals surface area contributed by atoms with Gasteiger partial charge < -0.3 is 24.0 Å². The van der Waals surface area contributed by atoms with Crippen LogP contribution >= 0.6 is 0 Å². The fraction of sp³-hybridized carbons (Fsp3) is 0.441. The summed E-state index contributed by atoms with van der Waals surface area (Å²) in [6, 6.07) is 17.2. The first kappa shape index (κ1) is 33.8. The molecule has 0 atom stereocenters. The minimum Gasteiger partial charge on any atom is -0.490 e. The van der Waals surface area contributed by atoms with Crippen molar-refractivity contribution in [2.75, 3.05) is 57.3 Å². The van der Waals surface area contributed by atoms with Gasteiger partial charge in [-0.15, -0.1) is 0 Å². The number of hydrogen-bond acceptors (Lipinski definition) is 8. The molecule has 3 aromatic rings. The quantitative estimate of drug-likeness (QED) is 0.169. The Labute approximate surface area is 271 Å². The number of hydrogen-bond donors (Lipinski definition) is 0. The van der Waals surface area contributed by atoms with Gasteiger partial charge in [0.05, 0.1) is 17.1 Å². The number of alkyl halides is 3. The Bertz CT molecular complexity index is 1490. The van der Waals surface area contributed by atoms with E-state index < -0.39 is 16.7 Å². The van der Waals surface area contributed by atoms with Crippen molar-refractivity contribution >= 4 is 17.3 Å². The van der Waals surface area contributed by atoms with Gasteiger partial charge in [0.25, 0.3) is 0 Å². The fourth-order valence-electron chi connectivity index (χ4n) is 5.76. The number of piperidine rings is 1.